The molecule has 0 radical (unpaired) electrons. The molecule has 0 spiro atoms. The number of aromatic carboxylic acids is 1. The molecule has 0 aliphatic carbocycles. The summed E-state index contributed by atoms with van der Waals surface area (Å²) in [5.41, 5.74) is 0.921. The van der Waals surface area contributed by atoms with Crippen molar-refractivity contribution >= 4 is 16.9 Å². The molecule has 0 amide bonds. The van der Waals surface area contributed by atoms with Crippen LogP contribution in [0.5, 0.6) is 11.5 Å². The zero-order chi connectivity index (χ0) is 15.7. The lowest BCUT2D eigenvalue weighted by molar-refractivity contribution is 0.0660. The van der Waals surface area contributed by atoms with Crippen LogP contribution in [0, 0.1) is 0 Å². The van der Waals surface area contributed by atoms with Gasteiger partial charge < -0.3 is 23.6 Å². The molecule has 6 nitrogen and oxygen atoms in total. The molecule has 2 aromatic heterocycles. The van der Waals surface area contributed by atoms with Gasteiger partial charge in [-0.3, -0.25) is 0 Å². The average molecular weight is 301 g/mol. The van der Waals surface area contributed by atoms with Crippen LogP contribution in [0.2, 0.25) is 0 Å². The number of nitrogens with zero attached hydrogens (tertiary/aromatic N) is 1. The van der Waals surface area contributed by atoms with E-state index in [-0.39, 0.29) is 5.76 Å². The first-order valence-corrected chi connectivity index (χ1v) is 6.65. The summed E-state index contributed by atoms with van der Waals surface area (Å²) in [4.78, 5) is 10.9. The number of furan rings is 1. The molecule has 1 aromatic carbocycles. The van der Waals surface area contributed by atoms with Gasteiger partial charge in [0.1, 0.15) is 17.3 Å². The minimum atomic E-state index is -1.08. The van der Waals surface area contributed by atoms with E-state index in [2.05, 4.69) is 0 Å². The lowest BCUT2D eigenvalue weighted by Crippen LogP contribution is -1.98. The van der Waals surface area contributed by atoms with E-state index in [1.807, 2.05) is 29.0 Å². The number of fused-ring (bicyclic) bond motifs is 1. The zero-order valence-corrected chi connectivity index (χ0v) is 12.2. The van der Waals surface area contributed by atoms with Crippen molar-refractivity contribution in [3.05, 3.63) is 48.0 Å². The second-order valence-corrected chi connectivity index (χ2v) is 4.78. The fourth-order valence-corrected chi connectivity index (χ4v) is 2.41. The highest BCUT2D eigenvalue weighted by atomic mass is 16.5. The maximum atomic E-state index is 10.9. The molecule has 3 rings (SSSR count). The molecule has 1 N–H and O–H groups in total. The van der Waals surface area contributed by atoms with Crippen molar-refractivity contribution in [3.8, 4) is 11.5 Å². The predicted octanol–water partition coefficient (Wildman–Crippen LogP) is 3.00. The predicted molar refractivity (Wildman–Crippen MR) is 79.8 cm³/mol. The number of ether oxygens (including phenoxy) is 2. The third-order valence-electron chi connectivity index (χ3n) is 3.48. The summed E-state index contributed by atoms with van der Waals surface area (Å²) in [6, 6.07) is 8.77. The largest absolute Gasteiger partial charge is 0.497 e. The SMILES string of the molecule is COc1cc(OC)c2ccn(Cc3ccc(C(=O)O)o3)c2c1. The number of carbonyl (C=O) groups is 1. The third kappa shape index (κ3) is 2.39. The van der Waals surface area contributed by atoms with Crippen LogP contribution in [0.25, 0.3) is 10.9 Å². The lowest BCUT2D eigenvalue weighted by Gasteiger charge is -2.08. The Morgan fingerprint density at radius 3 is 2.68 bits per heavy atom. The van der Waals surface area contributed by atoms with Crippen molar-refractivity contribution in [3.63, 3.8) is 0 Å². The maximum Gasteiger partial charge on any atom is 0.371 e. The summed E-state index contributed by atoms with van der Waals surface area (Å²) >= 11 is 0. The molecule has 3 aromatic rings. The molecule has 0 saturated heterocycles. The first-order chi connectivity index (χ1) is 10.6. The van der Waals surface area contributed by atoms with Gasteiger partial charge in [0, 0.05) is 23.7 Å². The molecule has 0 atom stereocenters. The topological polar surface area (TPSA) is 73.8 Å². The number of carboxylic acids is 1. The first-order valence-electron chi connectivity index (χ1n) is 6.65. The fourth-order valence-electron chi connectivity index (χ4n) is 2.41. The molecule has 0 fully saturated rings. The number of rotatable bonds is 5. The number of carboxylic acid groups (broad SMARTS) is 1. The second-order valence-electron chi connectivity index (χ2n) is 4.78. The summed E-state index contributed by atoms with van der Waals surface area (Å²) in [5, 5.41) is 9.85. The van der Waals surface area contributed by atoms with Crippen molar-refractivity contribution in [2.24, 2.45) is 0 Å². The van der Waals surface area contributed by atoms with Crippen molar-refractivity contribution in [1.29, 1.82) is 0 Å². The molecule has 6 heteroatoms. The number of methoxy groups -OCH3 is 2. The zero-order valence-electron chi connectivity index (χ0n) is 12.2. The Morgan fingerprint density at radius 2 is 2.05 bits per heavy atom. The fraction of sp³-hybridized carbons (Fsp3) is 0.188. The van der Waals surface area contributed by atoms with Crippen LogP contribution in [-0.4, -0.2) is 29.9 Å². The quantitative estimate of drug-likeness (QED) is 0.784. The number of hydrogen-bond donors (Lipinski definition) is 1. The van der Waals surface area contributed by atoms with Gasteiger partial charge in [0.2, 0.25) is 5.76 Å². The molecule has 0 unspecified atom stereocenters. The monoisotopic (exact) mass is 301 g/mol. The summed E-state index contributed by atoms with van der Waals surface area (Å²) in [5.74, 6) is 0.832. The van der Waals surface area contributed by atoms with Gasteiger partial charge in [-0.25, -0.2) is 4.79 Å². The number of aromatic nitrogens is 1. The summed E-state index contributed by atoms with van der Waals surface area (Å²) in [6.07, 6.45) is 1.90. The van der Waals surface area contributed by atoms with E-state index >= 15 is 0 Å². The minimum Gasteiger partial charge on any atom is -0.497 e. The Hall–Kier alpha value is -2.89. The Labute approximate surface area is 126 Å². The van der Waals surface area contributed by atoms with E-state index in [9.17, 15) is 4.79 Å². The van der Waals surface area contributed by atoms with Crippen LogP contribution < -0.4 is 9.47 Å². The molecule has 114 valence electrons. The van der Waals surface area contributed by atoms with Crippen molar-refractivity contribution in [1.82, 2.24) is 4.57 Å². The number of benzene rings is 1. The Balaban J connectivity index is 2.01. The Bertz CT molecular complexity index is 830. The van der Waals surface area contributed by atoms with E-state index < -0.39 is 5.97 Å². The molecule has 0 bridgehead atoms. The van der Waals surface area contributed by atoms with Gasteiger partial charge in [-0.15, -0.1) is 0 Å². The van der Waals surface area contributed by atoms with Gasteiger partial charge in [0.15, 0.2) is 0 Å². The second kappa shape index (κ2) is 5.48. The van der Waals surface area contributed by atoms with Crippen molar-refractivity contribution in [2.75, 3.05) is 14.2 Å². The summed E-state index contributed by atoms with van der Waals surface area (Å²) in [6.45, 7) is 0.424. The lowest BCUT2D eigenvalue weighted by atomic mass is 10.2. The van der Waals surface area contributed by atoms with Gasteiger partial charge in [0.05, 0.1) is 26.3 Å². The van der Waals surface area contributed by atoms with Crippen molar-refractivity contribution in [2.45, 2.75) is 6.54 Å². The van der Waals surface area contributed by atoms with E-state index in [1.165, 1.54) is 6.07 Å². The molecular weight excluding hydrogens is 286 g/mol. The van der Waals surface area contributed by atoms with E-state index in [1.54, 1.807) is 20.3 Å². The molecule has 2 heterocycles. The normalized spacial score (nSPS) is 10.8. The molecule has 0 aliphatic rings. The van der Waals surface area contributed by atoms with Crippen LogP contribution in [-0.2, 0) is 6.54 Å². The number of hydrogen-bond acceptors (Lipinski definition) is 4. The van der Waals surface area contributed by atoms with Crippen LogP contribution in [0.1, 0.15) is 16.3 Å². The molecule has 0 aliphatic heterocycles. The van der Waals surface area contributed by atoms with Gasteiger partial charge >= 0.3 is 5.97 Å². The first kappa shape index (κ1) is 14.1. The molecule has 22 heavy (non-hydrogen) atoms. The highest BCUT2D eigenvalue weighted by Gasteiger charge is 2.13. The summed E-state index contributed by atoms with van der Waals surface area (Å²) < 4.78 is 17.9. The van der Waals surface area contributed by atoms with Crippen LogP contribution in [0.3, 0.4) is 0 Å². The highest BCUT2D eigenvalue weighted by Crippen LogP contribution is 2.32. The minimum absolute atomic E-state index is 0.0679. The maximum absolute atomic E-state index is 10.9. The Morgan fingerprint density at radius 1 is 1.23 bits per heavy atom. The van der Waals surface area contributed by atoms with E-state index in [0.717, 1.165) is 16.7 Å². The van der Waals surface area contributed by atoms with Crippen LogP contribution in [0.4, 0.5) is 0 Å². The molecule has 0 saturated carbocycles. The standard InChI is InChI=1S/C16H15NO5/c1-20-11-7-13-12(15(8-11)21-2)5-6-17(13)9-10-3-4-14(22-10)16(18)19/h3-8H,9H2,1-2H3,(H,18,19). The van der Waals surface area contributed by atoms with Gasteiger partial charge in [-0.1, -0.05) is 0 Å². The third-order valence-corrected chi connectivity index (χ3v) is 3.48. The highest BCUT2D eigenvalue weighted by molar-refractivity contribution is 5.88. The van der Waals surface area contributed by atoms with Crippen LogP contribution >= 0.6 is 0 Å². The Kier molecular flexibility index (Phi) is 3.50. The van der Waals surface area contributed by atoms with E-state index in [0.29, 0.717) is 18.1 Å². The van der Waals surface area contributed by atoms with E-state index in [4.69, 9.17) is 19.0 Å². The van der Waals surface area contributed by atoms with Gasteiger partial charge in [-0.05, 0) is 18.2 Å². The average Bonchev–Trinajstić information content (AvgIpc) is 3.14. The molecular formula is C16H15NO5. The van der Waals surface area contributed by atoms with Crippen LogP contribution in [0.15, 0.2) is 40.9 Å². The van der Waals surface area contributed by atoms with Gasteiger partial charge in [0.25, 0.3) is 0 Å². The van der Waals surface area contributed by atoms with Crippen molar-refractivity contribution < 1.29 is 23.8 Å². The summed E-state index contributed by atoms with van der Waals surface area (Å²) in [7, 11) is 3.21. The van der Waals surface area contributed by atoms with Gasteiger partial charge in [-0.2, -0.15) is 0 Å². The smallest absolute Gasteiger partial charge is 0.371 e.